The first-order valence-electron chi connectivity index (χ1n) is 10.4. The van der Waals surface area contributed by atoms with E-state index >= 15 is 0 Å². The summed E-state index contributed by atoms with van der Waals surface area (Å²) in [4.78, 5) is 28.5. The Kier molecular flexibility index (Phi) is 5.59. The Hall–Kier alpha value is -3.30. The average molecular weight is 469 g/mol. The van der Waals surface area contributed by atoms with Gasteiger partial charge in [0, 0.05) is 53.8 Å². The minimum absolute atomic E-state index is 0.139. The molecular formula is C24H19F3N4OS. The Morgan fingerprint density at radius 1 is 1.06 bits per heavy atom. The van der Waals surface area contributed by atoms with Crippen LogP contribution >= 0.6 is 11.3 Å². The maximum absolute atomic E-state index is 12.8. The van der Waals surface area contributed by atoms with E-state index in [1.807, 2.05) is 18.2 Å². The minimum atomic E-state index is -4.34. The highest BCUT2D eigenvalue weighted by Gasteiger charge is 2.30. The Labute approximate surface area is 191 Å². The summed E-state index contributed by atoms with van der Waals surface area (Å²) < 4.78 is 38.4. The van der Waals surface area contributed by atoms with Crippen molar-refractivity contribution in [3.8, 4) is 21.8 Å². The van der Waals surface area contributed by atoms with Crippen LogP contribution in [-0.2, 0) is 25.7 Å². The lowest BCUT2D eigenvalue weighted by Gasteiger charge is -2.27. The number of thiophene rings is 1. The number of aromatic nitrogens is 3. The lowest BCUT2D eigenvalue weighted by Crippen LogP contribution is -2.35. The zero-order valence-corrected chi connectivity index (χ0v) is 18.2. The fourth-order valence-corrected chi connectivity index (χ4v) is 4.97. The zero-order valence-electron chi connectivity index (χ0n) is 17.4. The molecule has 0 atom stereocenters. The van der Waals surface area contributed by atoms with E-state index in [-0.39, 0.29) is 5.56 Å². The summed E-state index contributed by atoms with van der Waals surface area (Å²) in [7, 11) is 0. The third-order valence-electron chi connectivity index (χ3n) is 5.62. The van der Waals surface area contributed by atoms with Gasteiger partial charge < -0.3 is 4.98 Å². The lowest BCUT2D eigenvalue weighted by atomic mass is 10.1. The normalized spacial score (nSPS) is 14.3. The van der Waals surface area contributed by atoms with Gasteiger partial charge in [-0.1, -0.05) is 12.1 Å². The molecule has 0 saturated carbocycles. The average Bonchev–Trinajstić information content (AvgIpc) is 3.28. The van der Waals surface area contributed by atoms with Gasteiger partial charge in [0.25, 0.3) is 5.56 Å². The molecule has 1 aliphatic heterocycles. The van der Waals surface area contributed by atoms with Gasteiger partial charge in [0.1, 0.15) is 5.82 Å². The van der Waals surface area contributed by atoms with E-state index in [0.717, 1.165) is 45.3 Å². The smallest absolute Gasteiger partial charge is 0.306 e. The number of H-pyrrole nitrogens is 1. The van der Waals surface area contributed by atoms with Crippen molar-refractivity contribution in [3.05, 3.63) is 93.0 Å². The van der Waals surface area contributed by atoms with E-state index in [1.165, 1.54) is 12.1 Å². The number of alkyl halides is 3. The molecule has 1 aromatic carbocycles. The summed E-state index contributed by atoms with van der Waals surface area (Å²) >= 11 is 1.55. The second-order valence-corrected chi connectivity index (χ2v) is 9.05. The van der Waals surface area contributed by atoms with E-state index < -0.39 is 11.7 Å². The predicted molar refractivity (Wildman–Crippen MR) is 121 cm³/mol. The number of fused-ring (bicyclic) bond motifs is 1. The van der Waals surface area contributed by atoms with E-state index in [1.54, 1.807) is 29.8 Å². The molecule has 9 heteroatoms. The van der Waals surface area contributed by atoms with Crippen LogP contribution in [0.2, 0.25) is 0 Å². The van der Waals surface area contributed by atoms with Crippen LogP contribution in [0.3, 0.4) is 0 Å². The number of hydrogen-bond donors (Lipinski definition) is 1. The van der Waals surface area contributed by atoms with Crippen molar-refractivity contribution < 1.29 is 13.2 Å². The van der Waals surface area contributed by atoms with Crippen molar-refractivity contribution in [2.24, 2.45) is 0 Å². The summed E-state index contributed by atoms with van der Waals surface area (Å²) in [5, 5.41) is 0. The van der Waals surface area contributed by atoms with E-state index in [2.05, 4.69) is 19.9 Å². The largest absolute Gasteiger partial charge is 0.416 e. The quantitative estimate of drug-likeness (QED) is 0.451. The second-order valence-electron chi connectivity index (χ2n) is 7.88. The molecule has 1 N–H and O–H groups in total. The number of aromatic amines is 1. The van der Waals surface area contributed by atoms with Crippen molar-refractivity contribution >= 4 is 11.3 Å². The molecule has 33 heavy (non-hydrogen) atoms. The second kappa shape index (κ2) is 8.57. The van der Waals surface area contributed by atoms with Crippen molar-refractivity contribution in [3.63, 3.8) is 0 Å². The lowest BCUT2D eigenvalue weighted by molar-refractivity contribution is -0.137. The SMILES string of the molecule is O=c1[nH]c(-c2cccnc2)nc2c1CN(Cc1ccc(-c3ccc(C(F)(F)F)cc3)s1)CC2. The van der Waals surface area contributed by atoms with Gasteiger partial charge in [-0.25, -0.2) is 4.98 Å². The zero-order chi connectivity index (χ0) is 23.0. The molecule has 4 aromatic rings. The van der Waals surface area contributed by atoms with Gasteiger partial charge in [0.2, 0.25) is 0 Å². The number of nitrogens with zero attached hydrogens (tertiary/aromatic N) is 3. The minimum Gasteiger partial charge on any atom is -0.306 e. The van der Waals surface area contributed by atoms with Crippen molar-refractivity contribution in [1.29, 1.82) is 0 Å². The molecule has 4 heterocycles. The summed E-state index contributed by atoms with van der Waals surface area (Å²) in [5.74, 6) is 0.528. The third-order valence-corrected chi connectivity index (χ3v) is 6.74. The molecular weight excluding hydrogens is 449 g/mol. The van der Waals surface area contributed by atoms with Crippen molar-refractivity contribution in [2.45, 2.75) is 25.7 Å². The van der Waals surface area contributed by atoms with Crippen molar-refractivity contribution in [2.75, 3.05) is 6.54 Å². The Bertz CT molecular complexity index is 1330. The topological polar surface area (TPSA) is 61.9 Å². The molecule has 0 fully saturated rings. The number of nitrogens with one attached hydrogen (secondary N) is 1. The molecule has 0 radical (unpaired) electrons. The Morgan fingerprint density at radius 3 is 2.61 bits per heavy atom. The molecule has 168 valence electrons. The van der Waals surface area contributed by atoms with Gasteiger partial charge >= 0.3 is 6.18 Å². The first kappa shape index (κ1) is 21.5. The first-order valence-corrected chi connectivity index (χ1v) is 11.2. The summed E-state index contributed by atoms with van der Waals surface area (Å²) in [6.45, 7) is 1.93. The molecule has 5 nitrogen and oxygen atoms in total. The molecule has 3 aromatic heterocycles. The van der Waals surface area contributed by atoms with Crippen LogP contribution in [0.4, 0.5) is 13.2 Å². The maximum Gasteiger partial charge on any atom is 0.416 e. The van der Waals surface area contributed by atoms with Gasteiger partial charge in [0.15, 0.2) is 0 Å². The molecule has 0 unspecified atom stereocenters. The van der Waals surface area contributed by atoms with Gasteiger partial charge in [-0.15, -0.1) is 11.3 Å². The van der Waals surface area contributed by atoms with Crippen LogP contribution < -0.4 is 5.56 Å². The van der Waals surface area contributed by atoms with Gasteiger partial charge in [0.05, 0.1) is 16.8 Å². The molecule has 0 aliphatic carbocycles. The van der Waals surface area contributed by atoms with Crippen LogP contribution in [0.25, 0.3) is 21.8 Å². The molecule has 0 amide bonds. The van der Waals surface area contributed by atoms with Crippen LogP contribution in [0, 0.1) is 0 Å². The fraction of sp³-hybridized carbons (Fsp3) is 0.208. The van der Waals surface area contributed by atoms with Gasteiger partial charge in [-0.05, 0) is 42.0 Å². The maximum atomic E-state index is 12.8. The molecule has 0 bridgehead atoms. The van der Waals surface area contributed by atoms with Crippen LogP contribution in [0.5, 0.6) is 0 Å². The highest BCUT2D eigenvalue weighted by molar-refractivity contribution is 7.15. The van der Waals surface area contributed by atoms with E-state index in [4.69, 9.17) is 0 Å². The van der Waals surface area contributed by atoms with Crippen LogP contribution in [0.15, 0.2) is 65.7 Å². The molecule has 5 rings (SSSR count). The molecule has 0 spiro atoms. The summed E-state index contributed by atoms with van der Waals surface area (Å²) in [5.41, 5.74) is 2.22. The van der Waals surface area contributed by atoms with Crippen LogP contribution in [0.1, 0.15) is 21.7 Å². The summed E-state index contributed by atoms with van der Waals surface area (Å²) in [6.07, 6.45) is -0.324. The predicted octanol–water partition coefficient (Wildman–Crippen LogP) is 5.14. The van der Waals surface area contributed by atoms with E-state index in [9.17, 15) is 18.0 Å². The van der Waals surface area contributed by atoms with Crippen molar-refractivity contribution in [1.82, 2.24) is 19.9 Å². The number of hydrogen-bond acceptors (Lipinski definition) is 5. The monoisotopic (exact) mass is 468 g/mol. The Balaban J connectivity index is 1.30. The fourth-order valence-electron chi connectivity index (χ4n) is 3.92. The highest BCUT2D eigenvalue weighted by atomic mass is 32.1. The first-order chi connectivity index (χ1) is 15.9. The van der Waals surface area contributed by atoms with Crippen LogP contribution in [-0.4, -0.2) is 26.4 Å². The Morgan fingerprint density at radius 2 is 1.88 bits per heavy atom. The molecule has 1 aliphatic rings. The number of benzene rings is 1. The summed E-state index contributed by atoms with van der Waals surface area (Å²) in [6, 6.07) is 12.8. The number of halogens is 3. The highest BCUT2D eigenvalue weighted by Crippen LogP contribution is 2.33. The molecule has 0 saturated heterocycles. The standard InChI is InChI=1S/C24H19F3N4OS/c25-24(26,27)17-5-3-15(4-6-17)21-8-7-18(33-21)13-31-11-9-20-19(14-31)23(32)30-22(29-20)16-2-1-10-28-12-16/h1-8,10,12H,9,11,13-14H2,(H,29,30,32). The van der Waals surface area contributed by atoms with E-state index in [0.29, 0.717) is 30.9 Å². The number of pyridine rings is 1. The number of rotatable bonds is 4. The van der Waals surface area contributed by atoms with Gasteiger partial charge in [-0.2, -0.15) is 13.2 Å². The third kappa shape index (κ3) is 4.60. The van der Waals surface area contributed by atoms with Gasteiger partial charge in [-0.3, -0.25) is 14.7 Å².